The Bertz CT molecular complexity index is 396. The maximum Gasteiger partial charge on any atom is 0.0181 e. The lowest BCUT2D eigenvalue weighted by molar-refractivity contribution is 0.566. The lowest BCUT2D eigenvalue weighted by Gasteiger charge is -2.29. The number of benzene rings is 1. The van der Waals surface area contributed by atoms with Gasteiger partial charge in [-0.15, -0.1) is 0 Å². The van der Waals surface area contributed by atoms with E-state index < -0.39 is 0 Å². The first-order valence-corrected chi connectivity index (χ1v) is 6.83. The first-order chi connectivity index (χ1) is 7.55. The van der Waals surface area contributed by atoms with Crippen LogP contribution in [0.15, 0.2) is 24.8 Å². The van der Waals surface area contributed by atoms with E-state index in [9.17, 15) is 0 Å². The van der Waals surface area contributed by atoms with Crippen molar-refractivity contribution in [3.63, 3.8) is 0 Å². The lowest BCUT2D eigenvalue weighted by atomic mass is 9.76. The molecule has 0 aliphatic carbocycles. The van der Waals surface area contributed by atoms with Gasteiger partial charge in [0.2, 0.25) is 0 Å². The largest absolute Gasteiger partial charge is 0.0841 e. The van der Waals surface area contributed by atoms with Crippen molar-refractivity contribution in [2.45, 2.75) is 52.4 Å². The molecule has 0 heterocycles. The molecule has 0 saturated carbocycles. The molecule has 0 radical (unpaired) electrons. The number of hydrogen-bond donors (Lipinski definition) is 0. The molecule has 0 N–H and O–H groups in total. The first-order valence-electron chi connectivity index (χ1n) is 6.04. The highest BCUT2D eigenvalue weighted by Gasteiger charge is 2.25. The second kappa shape index (κ2) is 4.61. The van der Waals surface area contributed by atoms with E-state index in [2.05, 4.69) is 82.3 Å². The van der Waals surface area contributed by atoms with E-state index in [0.717, 1.165) is 4.48 Å². The Balaban J connectivity index is 3.61. The van der Waals surface area contributed by atoms with Gasteiger partial charge in [-0.1, -0.05) is 82.3 Å². The zero-order chi connectivity index (χ0) is 13.4. The Hall–Kier alpha value is -0.560. The van der Waals surface area contributed by atoms with Crippen LogP contribution in [0.2, 0.25) is 0 Å². The van der Waals surface area contributed by atoms with Crippen molar-refractivity contribution in [2.24, 2.45) is 0 Å². The fraction of sp³-hybridized carbons (Fsp3) is 0.500. The van der Waals surface area contributed by atoms with Crippen molar-refractivity contribution < 1.29 is 0 Å². The average molecular weight is 295 g/mol. The SMILES string of the molecule is C=C(Br)c1c(C(C)(C)C)cccc1C(C)(C)C. The second-order valence-corrected chi connectivity index (χ2v) is 7.59. The predicted octanol–water partition coefficient (Wildman–Crippen LogP) is 5.65. The molecule has 0 unspecified atom stereocenters. The summed E-state index contributed by atoms with van der Waals surface area (Å²) >= 11 is 3.57. The third-order valence-corrected chi connectivity index (χ3v) is 3.35. The molecule has 0 aliphatic heterocycles. The summed E-state index contributed by atoms with van der Waals surface area (Å²) in [6.07, 6.45) is 0. The van der Waals surface area contributed by atoms with E-state index in [-0.39, 0.29) is 10.8 Å². The summed E-state index contributed by atoms with van der Waals surface area (Å²) in [5, 5.41) is 0. The molecule has 0 aliphatic rings. The molecule has 17 heavy (non-hydrogen) atoms. The Morgan fingerprint density at radius 1 is 0.941 bits per heavy atom. The van der Waals surface area contributed by atoms with Crippen LogP contribution in [0, 0.1) is 0 Å². The summed E-state index contributed by atoms with van der Waals surface area (Å²) < 4.78 is 0.980. The fourth-order valence-corrected chi connectivity index (χ4v) is 2.52. The van der Waals surface area contributed by atoms with Crippen molar-refractivity contribution in [1.82, 2.24) is 0 Å². The molecule has 0 bridgehead atoms. The third-order valence-electron chi connectivity index (χ3n) is 2.95. The topological polar surface area (TPSA) is 0 Å². The maximum atomic E-state index is 4.09. The van der Waals surface area contributed by atoms with Crippen LogP contribution in [0.3, 0.4) is 0 Å². The van der Waals surface area contributed by atoms with Crippen LogP contribution in [0.25, 0.3) is 4.48 Å². The zero-order valence-electron chi connectivity index (χ0n) is 11.8. The molecule has 1 heteroatoms. The molecule has 0 aromatic heterocycles. The molecule has 0 fully saturated rings. The molecule has 0 nitrogen and oxygen atoms in total. The van der Waals surface area contributed by atoms with Gasteiger partial charge in [-0.05, 0) is 27.5 Å². The van der Waals surface area contributed by atoms with Crippen LogP contribution in [0.1, 0.15) is 58.2 Å². The number of hydrogen-bond acceptors (Lipinski definition) is 0. The Labute approximate surface area is 114 Å². The molecular weight excluding hydrogens is 272 g/mol. The molecule has 0 amide bonds. The van der Waals surface area contributed by atoms with Gasteiger partial charge in [0.25, 0.3) is 0 Å². The minimum atomic E-state index is 0.132. The van der Waals surface area contributed by atoms with Gasteiger partial charge < -0.3 is 0 Å². The van der Waals surface area contributed by atoms with Crippen LogP contribution in [-0.4, -0.2) is 0 Å². The Morgan fingerprint density at radius 2 is 1.29 bits per heavy atom. The number of halogens is 1. The Kier molecular flexibility index (Phi) is 3.93. The van der Waals surface area contributed by atoms with Crippen molar-refractivity contribution in [3.8, 4) is 0 Å². The molecule has 1 rings (SSSR count). The average Bonchev–Trinajstić information content (AvgIpc) is 2.13. The van der Waals surface area contributed by atoms with E-state index in [1.807, 2.05) is 0 Å². The van der Waals surface area contributed by atoms with Crippen LogP contribution in [0.5, 0.6) is 0 Å². The minimum Gasteiger partial charge on any atom is -0.0841 e. The van der Waals surface area contributed by atoms with E-state index in [1.165, 1.54) is 16.7 Å². The quantitative estimate of drug-likeness (QED) is 0.628. The van der Waals surface area contributed by atoms with Crippen LogP contribution in [0.4, 0.5) is 0 Å². The van der Waals surface area contributed by atoms with Gasteiger partial charge in [0.1, 0.15) is 0 Å². The minimum absolute atomic E-state index is 0.132. The molecule has 94 valence electrons. The van der Waals surface area contributed by atoms with Gasteiger partial charge in [0.15, 0.2) is 0 Å². The summed E-state index contributed by atoms with van der Waals surface area (Å²) in [7, 11) is 0. The summed E-state index contributed by atoms with van der Waals surface area (Å²) in [4.78, 5) is 0. The van der Waals surface area contributed by atoms with E-state index in [0.29, 0.717) is 0 Å². The van der Waals surface area contributed by atoms with Gasteiger partial charge in [0, 0.05) is 4.48 Å². The lowest BCUT2D eigenvalue weighted by Crippen LogP contribution is -2.19. The van der Waals surface area contributed by atoms with Crippen molar-refractivity contribution >= 4 is 20.4 Å². The van der Waals surface area contributed by atoms with Gasteiger partial charge in [-0.25, -0.2) is 0 Å². The van der Waals surface area contributed by atoms with Gasteiger partial charge in [0.05, 0.1) is 0 Å². The maximum absolute atomic E-state index is 4.09. The number of rotatable bonds is 1. The normalized spacial score (nSPS) is 12.6. The van der Waals surface area contributed by atoms with Crippen molar-refractivity contribution in [1.29, 1.82) is 0 Å². The highest BCUT2D eigenvalue weighted by Crippen LogP contribution is 2.38. The summed E-state index contributed by atoms with van der Waals surface area (Å²) in [5.74, 6) is 0. The highest BCUT2D eigenvalue weighted by molar-refractivity contribution is 9.15. The summed E-state index contributed by atoms with van der Waals surface area (Å²) in [6.45, 7) is 17.6. The molecular formula is C16H23Br. The molecule has 0 saturated heterocycles. The fourth-order valence-electron chi connectivity index (χ4n) is 2.09. The second-order valence-electron chi connectivity index (χ2n) is 6.63. The van der Waals surface area contributed by atoms with Crippen molar-refractivity contribution in [3.05, 3.63) is 41.5 Å². The van der Waals surface area contributed by atoms with Crippen LogP contribution in [-0.2, 0) is 10.8 Å². The van der Waals surface area contributed by atoms with E-state index >= 15 is 0 Å². The third kappa shape index (κ3) is 3.22. The van der Waals surface area contributed by atoms with Gasteiger partial charge >= 0.3 is 0 Å². The standard InChI is InChI=1S/C16H23Br/c1-11(17)14-12(15(2,3)4)9-8-10-13(14)16(5,6)7/h8-10H,1H2,2-7H3. The van der Waals surface area contributed by atoms with Crippen LogP contribution < -0.4 is 0 Å². The van der Waals surface area contributed by atoms with Crippen LogP contribution >= 0.6 is 15.9 Å². The monoisotopic (exact) mass is 294 g/mol. The molecule has 1 aromatic carbocycles. The van der Waals surface area contributed by atoms with Gasteiger partial charge in [-0.3, -0.25) is 0 Å². The molecule has 0 atom stereocenters. The summed E-state index contributed by atoms with van der Waals surface area (Å²) in [6, 6.07) is 6.56. The zero-order valence-corrected chi connectivity index (χ0v) is 13.4. The van der Waals surface area contributed by atoms with E-state index in [4.69, 9.17) is 0 Å². The molecule has 0 spiro atoms. The first kappa shape index (κ1) is 14.5. The van der Waals surface area contributed by atoms with E-state index in [1.54, 1.807) is 0 Å². The predicted molar refractivity (Wildman–Crippen MR) is 81.8 cm³/mol. The smallest absolute Gasteiger partial charge is 0.0181 e. The highest BCUT2D eigenvalue weighted by atomic mass is 79.9. The summed E-state index contributed by atoms with van der Waals surface area (Å²) in [5.41, 5.74) is 4.24. The molecule has 1 aromatic rings. The van der Waals surface area contributed by atoms with Gasteiger partial charge in [-0.2, -0.15) is 0 Å². The van der Waals surface area contributed by atoms with Crippen molar-refractivity contribution in [2.75, 3.05) is 0 Å². The Morgan fingerprint density at radius 3 is 1.53 bits per heavy atom.